The van der Waals surface area contributed by atoms with Crippen molar-refractivity contribution in [2.45, 2.75) is 24.7 Å². The minimum Gasteiger partial charge on any atom is -0.212 e. The van der Waals surface area contributed by atoms with Crippen LogP contribution >= 0.6 is 0 Å². The normalized spacial score (nSPS) is 17.0. The zero-order valence-electron chi connectivity index (χ0n) is 12.2. The molecule has 0 saturated carbocycles. The van der Waals surface area contributed by atoms with Gasteiger partial charge in [-0.3, -0.25) is 0 Å². The summed E-state index contributed by atoms with van der Waals surface area (Å²) in [5.74, 6) is -0.806. The molecule has 0 unspecified atom stereocenters. The number of sulfonamides is 2. The minimum absolute atomic E-state index is 0.0486. The highest BCUT2D eigenvalue weighted by Crippen LogP contribution is 2.16. The molecular formula is C13H19FN2O4S2. The van der Waals surface area contributed by atoms with Gasteiger partial charge in [0.15, 0.2) is 0 Å². The van der Waals surface area contributed by atoms with E-state index in [-0.39, 0.29) is 22.8 Å². The van der Waals surface area contributed by atoms with Gasteiger partial charge >= 0.3 is 0 Å². The van der Waals surface area contributed by atoms with Gasteiger partial charge < -0.3 is 0 Å². The van der Waals surface area contributed by atoms with Gasteiger partial charge in [-0.05, 0) is 43.5 Å². The molecule has 22 heavy (non-hydrogen) atoms. The highest BCUT2D eigenvalue weighted by atomic mass is 32.2. The molecule has 0 radical (unpaired) electrons. The molecule has 0 atom stereocenters. The van der Waals surface area contributed by atoms with Crippen molar-refractivity contribution in [3.63, 3.8) is 0 Å². The Morgan fingerprint density at radius 3 is 2.41 bits per heavy atom. The van der Waals surface area contributed by atoms with Crippen molar-refractivity contribution in [1.29, 1.82) is 0 Å². The summed E-state index contributed by atoms with van der Waals surface area (Å²) in [7, 11) is -7.29. The molecule has 1 aliphatic rings. The van der Waals surface area contributed by atoms with E-state index < -0.39 is 25.9 Å². The predicted octanol–water partition coefficient (Wildman–Crippen LogP) is 0.838. The third kappa shape index (κ3) is 4.03. The smallest absolute Gasteiger partial charge is 0.212 e. The van der Waals surface area contributed by atoms with Gasteiger partial charge in [-0.25, -0.2) is 30.3 Å². The molecule has 0 aromatic heterocycles. The number of hydrogen-bond acceptors (Lipinski definition) is 4. The van der Waals surface area contributed by atoms with Gasteiger partial charge in [0.25, 0.3) is 0 Å². The summed E-state index contributed by atoms with van der Waals surface area (Å²) in [6.45, 7) is 2.26. The monoisotopic (exact) mass is 350 g/mol. The van der Waals surface area contributed by atoms with E-state index in [2.05, 4.69) is 4.72 Å². The van der Waals surface area contributed by atoms with Crippen LogP contribution in [0.25, 0.3) is 0 Å². The fourth-order valence-corrected chi connectivity index (χ4v) is 5.21. The molecule has 0 spiro atoms. The second kappa shape index (κ2) is 6.61. The Kier molecular flexibility index (Phi) is 5.21. The second-order valence-electron chi connectivity index (χ2n) is 5.23. The van der Waals surface area contributed by atoms with E-state index in [0.717, 1.165) is 25.0 Å². The highest BCUT2D eigenvalue weighted by Gasteiger charge is 2.26. The summed E-state index contributed by atoms with van der Waals surface area (Å²) in [5.41, 5.74) is 0.273. The van der Waals surface area contributed by atoms with Gasteiger partial charge in [0, 0.05) is 19.6 Å². The summed E-state index contributed by atoms with van der Waals surface area (Å²) < 4.78 is 64.9. The number of nitrogens with one attached hydrogen (secondary N) is 1. The third-order valence-corrected chi connectivity index (χ3v) is 7.03. The fraction of sp³-hybridized carbons (Fsp3) is 0.538. The Balaban J connectivity index is 2.01. The van der Waals surface area contributed by atoms with Crippen LogP contribution in [0.4, 0.5) is 4.39 Å². The van der Waals surface area contributed by atoms with Gasteiger partial charge in [0.1, 0.15) is 5.82 Å². The summed E-state index contributed by atoms with van der Waals surface area (Å²) in [6, 6.07) is 3.35. The molecule has 0 aliphatic carbocycles. The third-order valence-electron chi connectivity index (χ3n) is 3.54. The van der Waals surface area contributed by atoms with Crippen LogP contribution in [0.3, 0.4) is 0 Å². The Labute approximate surface area is 130 Å². The molecule has 1 heterocycles. The van der Waals surface area contributed by atoms with E-state index in [0.29, 0.717) is 13.1 Å². The van der Waals surface area contributed by atoms with E-state index in [9.17, 15) is 21.2 Å². The van der Waals surface area contributed by atoms with Gasteiger partial charge in [0.2, 0.25) is 20.0 Å². The first-order valence-electron chi connectivity index (χ1n) is 6.96. The van der Waals surface area contributed by atoms with Gasteiger partial charge in [-0.15, -0.1) is 0 Å². The molecule has 0 amide bonds. The predicted molar refractivity (Wildman–Crippen MR) is 80.9 cm³/mol. The Bertz CT molecular complexity index is 741. The number of nitrogens with zero attached hydrogens (tertiary/aromatic N) is 1. The van der Waals surface area contributed by atoms with Gasteiger partial charge in [-0.2, -0.15) is 0 Å². The average molecular weight is 350 g/mol. The second-order valence-corrected chi connectivity index (χ2v) is 9.05. The minimum atomic E-state index is -3.85. The Hall–Kier alpha value is -1.03. The molecule has 2 rings (SSSR count). The molecule has 1 aromatic carbocycles. The van der Waals surface area contributed by atoms with Crippen molar-refractivity contribution in [2.24, 2.45) is 0 Å². The zero-order valence-corrected chi connectivity index (χ0v) is 13.9. The largest absolute Gasteiger partial charge is 0.240 e. The quantitative estimate of drug-likeness (QED) is 0.824. The zero-order chi connectivity index (χ0) is 16.4. The van der Waals surface area contributed by atoms with Crippen molar-refractivity contribution in [2.75, 3.05) is 25.4 Å². The number of rotatable bonds is 6. The average Bonchev–Trinajstić information content (AvgIpc) is 2.92. The van der Waals surface area contributed by atoms with Crippen molar-refractivity contribution < 1.29 is 21.2 Å². The molecule has 1 fully saturated rings. The van der Waals surface area contributed by atoms with Crippen LogP contribution in [0, 0.1) is 12.7 Å². The van der Waals surface area contributed by atoms with E-state index in [1.165, 1.54) is 17.3 Å². The molecule has 1 aromatic rings. The lowest BCUT2D eigenvalue weighted by Gasteiger charge is -2.15. The van der Waals surface area contributed by atoms with Crippen LogP contribution in [0.5, 0.6) is 0 Å². The lowest BCUT2D eigenvalue weighted by atomic mass is 10.2. The maximum atomic E-state index is 13.0. The van der Waals surface area contributed by atoms with Gasteiger partial charge in [-0.1, -0.05) is 0 Å². The van der Waals surface area contributed by atoms with E-state index in [4.69, 9.17) is 0 Å². The first kappa shape index (κ1) is 17.3. The van der Waals surface area contributed by atoms with Crippen molar-refractivity contribution in [3.05, 3.63) is 29.6 Å². The summed E-state index contributed by atoms with van der Waals surface area (Å²) in [6.07, 6.45) is 1.67. The van der Waals surface area contributed by atoms with Gasteiger partial charge in [0.05, 0.1) is 10.6 Å². The summed E-state index contributed by atoms with van der Waals surface area (Å²) >= 11 is 0. The van der Waals surface area contributed by atoms with E-state index in [1.807, 2.05) is 0 Å². The van der Waals surface area contributed by atoms with Crippen LogP contribution in [0.2, 0.25) is 0 Å². The van der Waals surface area contributed by atoms with Crippen LogP contribution in [-0.4, -0.2) is 46.5 Å². The van der Waals surface area contributed by atoms with E-state index >= 15 is 0 Å². The summed E-state index contributed by atoms with van der Waals surface area (Å²) in [4.78, 5) is -0.0486. The van der Waals surface area contributed by atoms with Crippen LogP contribution in [-0.2, 0) is 20.0 Å². The van der Waals surface area contributed by atoms with E-state index in [1.54, 1.807) is 0 Å². The summed E-state index contributed by atoms with van der Waals surface area (Å²) in [5, 5.41) is 0. The Morgan fingerprint density at radius 1 is 1.18 bits per heavy atom. The van der Waals surface area contributed by atoms with Crippen molar-refractivity contribution >= 4 is 20.0 Å². The number of hydrogen-bond donors (Lipinski definition) is 1. The number of halogens is 1. The molecule has 1 saturated heterocycles. The lowest BCUT2D eigenvalue weighted by Crippen LogP contribution is -2.36. The molecule has 0 bridgehead atoms. The SMILES string of the molecule is Cc1cc(F)ccc1S(=O)(=O)NCCS(=O)(=O)N1CCCC1. The number of benzene rings is 1. The Morgan fingerprint density at radius 2 is 1.82 bits per heavy atom. The first-order valence-corrected chi connectivity index (χ1v) is 10.1. The van der Waals surface area contributed by atoms with Crippen LogP contribution < -0.4 is 4.72 Å². The maximum absolute atomic E-state index is 13.0. The molecular weight excluding hydrogens is 331 g/mol. The maximum Gasteiger partial charge on any atom is 0.240 e. The number of aryl methyl sites for hydroxylation is 1. The van der Waals surface area contributed by atoms with Crippen molar-refractivity contribution in [1.82, 2.24) is 9.03 Å². The fourth-order valence-electron chi connectivity index (χ4n) is 2.39. The highest BCUT2D eigenvalue weighted by molar-refractivity contribution is 7.90. The molecule has 1 aliphatic heterocycles. The first-order chi connectivity index (χ1) is 10.2. The van der Waals surface area contributed by atoms with Crippen LogP contribution in [0.1, 0.15) is 18.4 Å². The van der Waals surface area contributed by atoms with Crippen molar-refractivity contribution in [3.8, 4) is 0 Å². The topological polar surface area (TPSA) is 83.5 Å². The van der Waals surface area contributed by atoms with Crippen LogP contribution in [0.15, 0.2) is 23.1 Å². The molecule has 9 heteroatoms. The molecule has 6 nitrogen and oxygen atoms in total. The standard InChI is InChI=1S/C13H19FN2O4S2/c1-11-10-12(14)4-5-13(11)22(19,20)15-6-9-21(17,18)16-7-2-3-8-16/h4-5,10,15H,2-3,6-9H2,1H3. The molecule has 124 valence electrons. The molecule has 1 N–H and O–H groups in total. The lowest BCUT2D eigenvalue weighted by molar-refractivity contribution is 0.477.